The van der Waals surface area contributed by atoms with Crippen molar-refractivity contribution in [1.29, 1.82) is 0 Å². The minimum absolute atomic E-state index is 0.385. The van der Waals surface area contributed by atoms with E-state index in [1.165, 1.54) is 11.1 Å². The Morgan fingerprint density at radius 3 is 2.61 bits per heavy atom. The number of aryl methyl sites for hydroxylation is 1. The SMILES string of the molecule is COc1cc(C)c(CC2COCCN2)cc1OC. The van der Waals surface area contributed by atoms with Gasteiger partial charge in [-0.1, -0.05) is 0 Å². The highest BCUT2D eigenvalue weighted by Gasteiger charge is 2.16. The van der Waals surface area contributed by atoms with Crippen molar-refractivity contribution in [3.63, 3.8) is 0 Å². The molecular formula is C14H21NO3. The molecule has 0 bridgehead atoms. The van der Waals surface area contributed by atoms with Crippen LogP contribution in [0.3, 0.4) is 0 Å². The van der Waals surface area contributed by atoms with E-state index in [0.717, 1.165) is 37.7 Å². The molecule has 18 heavy (non-hydrogen) atoms. The third-order valence-corrected chi connectivity index (χ3v) is 3.31. The average Bonchev–Trinajstić information content (AvgIpc) is 2.41. The molecule has 0 radical (unpaired) electrons. The molecule has 100 valence electrons. The fourth-order valence-electron chi connectivity index (χ4n) is 2.26. The zero-order valence-electron chi connectivity index (χ0n) is 11.3. The van der Waals surface area contributed by atoms with Crippen LogP contribution in [0.25, 0.3) is 0 Å². The van der Waals surface area contributed by atoms with Crippen molar-refractivity contribution in [2.24, 2.45) is 0 Å². The van der Waals surface area contributed by atoms with Gasteiger partial charge in [-0.2, -0.15) is 0 Å². The van der Waals surface area contributed by atoms with Crippen LogP contribution in [0.1, 0.15) is 11.1 Å². The zero-order valence-corrected chi connectivity index (χ0v) is 11.3. The number of hydrogen-bond donors (Lipinski definition) is 1. The van der Waals surface area contributed by atoms with Crippen LogP contribution < -0.4 is 14.8 Å². The summed E-state index contributed by atoms with van der Waals surface area (Å²) in [5, 5.41) is 3.46. The van der Waals surface area contributed by atoms with Crippen molar-refractivity contribution >= 4 is 0 Å². The molecule has 4 nitrogen and oxygen atoms in total. The molecule has 0 saturated carbocycles. The molecule has 1 atom stereocenters. The second-order valence-corrected chi connectivity index (χ2v) is 4.56. The molecule has 1 fully saturated rings. The molecule has 0 aliphatic carbocycles. The first-order valence-corrected chi connectivity index (χ1v) is 6.27. The van der Waals surface area contributed by atoms with Gasteiger partial charge in [0, 0.05) is 12.6 Å². The summed E-state index contributed by atoms with van der Waals surface area (Å²) in [5.74, 6) is 1.57. The van der Waals surface area contributed by atoms with Crippen LogP contribution in [0.15, 0.2) is 12.1 Å². The number of hydrogen-bond acceptors (Lipinski definition) is 4. The molecule has 1 N–H and O–H groups in total. The Bertz CT molecular complexity index is 400. The lowest BCUT2D eigenvalue weighted by molar-refractivity contribution is 0.0769. The summed E-state index contributed by atoms with van der Waals surface area (Å²) in [5.41, 5.74) is 2.50. The van der Waals surface area contributed by atoms with Gasteiger partial charge in [-0.25, -0.2) is 0 Å². The number of rotatable bonds is 4. The predicted molar refractivity (Wildman–Crippen MR) is 70.6 cm³/mol. The van der Waals surface area contributed by atoms with Crippen molar-refractivity contribution in [3.8, 4) is 11.5 Å². The number of nitrogens with one attached hydrogen (secondary N) is 1. The van der Waals surface area contributed by atoms with Gasteiger partial charge in [0.2, 0.25) is 0 Å². The first-order valence-electron chi connectivity index (χ1n) is 6.27. The van der Waals surface area contributed by atoms with Gasteiger partial charge in [-0.3, -0.25) is 0 Å². The topological polar surface area (TPSA) is 39.7 Å². The molecule has 1 saturated heterocycles. The van der Waals surface area contributed by atoms with Crippen LogP contribution in [-0.4, -0.2) is 40.0 Å². The van der Waals surface area contributed by atoms with Crippen molar-refractivity contribution in [2.45, 2.75) is 19.4 Å². The van der Waals surface area contributed by atoms with E-state index in [4.69, 9.17) is 14.2 Å². The number of morpholine rings is 1. The summed E-state index contributed by atoms with van der Waals surface area (Å²) in [4.78, 5) is 0. The number of ether oxygens (including phenoxy) is 3. The maximum Gasteiger partial charge on any atom is 0.161 e. The highest BCUT2D eigenvalue weighted by Crippen LogP contribution is 2.30. The first kappa shape index (κ1) is 13.2. The minimum atomic E-state index is 0.385. The largest absolute Gasteiger partial charge is 0.493 e. The van der Waals surface area contributed by atoms with E-state index in [-0.39, 0.29) is 0 Å². The standard InChI is InChI=1S/C14H21NO3/c1-10-6-13(16-2)14(17-3)8-11(10)7-12-9-18-5-4-15-12/h6,8,12,15H,4-5,7,9H2,1-3H3. The Morgan fingerprint density at radius 1 is 1.28 bits per heavy atom. The van der Waals surface area contributed by atoms with Crippen LogP contribution in [-0.2, 0) is 11.2 Å². The molecule has 4 heteroatoms. The van der Waals surface area contributed by atoms with Crippen molar-refractivity contribution in [3.05, 3.63) is 23.3 Å². The van der Waals surface area contributed by atoms with E-state index in [1.807, 2.05) is 6.07 Å². The van der Waals surface area contributed by atoms with Gasteiger partial charge in [-0.15, -0.1) is 0 Å². The lowest BCUT2D eigenvalue weighted by Crippen LogP contribution is -2.42. The van der Waals surface area contributed by atoms with E-state index in [1.54, 1.807) is 14.2 Å². The summed E-state index contributed by atoms with van der Waals surface area (Å²) in [6.07, 6.45) is 0.951. The Kier molecular flexibility index (Phi) is 4.44. The van der Waals surface area contributed by atoms with Gasteiger partial charge in [0.15, 0.2) is 11.5 Å². The van der Waals surface area contributed by atoms with Gasteiger partial charge < -0.3 is 19.5 Å². The molecule has 0 amide bonds. The van der Waals surface area contributed by atoms with Crippen LogP contribution in [0, 0.1) is 6.92 Å². The second-order valence-electron chi connectivity index (χ2n) is 4.56. The molecule has 1 unspecified atom stereocenters. The van der Waals surface area contributed by atoms with Gasteiger partial charge in [0.25, 0.3) is 0 Å². The Labute approximate surface area is 108 Å². The third-order valence-electron chi connectivity index (χ3n) is 3.31. The maximum atomic E-state index is 5.48. The van der Waals surface area contributed by atoms with Crippen molar-refractivity contribution in [1.82, 2.24) is 5.32 Å². The van der Waals surface area contributed by atoms with E-state index in [2.05, 4.69) is 18.3 Å². The van der Waals surface area contributed by atoms with Gasteiger partial charge in [0.05, 0.1) is 27.4 Å². The van der Waals surface area contributed by atoms with Crippen LogP contribution in [0.5, 0.6) is 11.5 Å². The highest BCUT2D eigenvalue weighted by molar-refractivity contribution is 5.47. The number of benzene rings is 1. The van der Waals surface area contributed by atoms with Gasteiger partial charge in [-0.05, 0) is 36.6 Å². The van der Waals surface area contributed by atoms with Crippen LogP contribution in [0.2, 0.25) is 0 Å². The molecule has 1 heterocycles. The normalized spacial score (nSPS) is 19.6. The molecule has 1 aromatic rings. The first-order chi connectivity index (χ1) is 8.74. The van der Waals surface area contributed by atoms with Gasteiger partial charge >= 0.3 is 0 Å². The van der Waals surface area contributed by atoms with Crippen molar-refractivity contribution < 1.29 is 14.2 Å². The van der Waals surface area contributed by atoms with E-state index < -0.39 is 0 Å². The quantitative estimate of drug-likeness (QED) is 0.881. The van der Waals surface area contributed by atoms with E-state index in [0.29, 0.717) is 6.04 Å². The molecule has 1 aliphatic heterocycles. The van der Waals surface area contributed by atoms with Crippen molar-refractivity contribution in [2.75, 3.05) is 34.0 Å². The third kappa shape index (κ3) is 2.94. The summed E-state index contributed by atoms with van der Waals surface area (Å²) < 4.78 is 16.1. The fraction of sp³-hybridized carbons (Fsp3) is 0.571. The summed E-state index contributed by atoms with van der Waals surface area (Å²) >= 11 is 0. The molecule has 0 spiro atoms. The zero-order chi connectivity index (χ0) is 13.0. The molecule has 0 aromatic heterocycles. The number of methoxy groups -OCH3 is 2. The Hall–Kier alpha value is -1.26. The smallest absolute Gasteiger partial charge is 0.161 e. The minimum Gasteiger partial charge on any atom is -0.493 e. The maximum absolute atomic E-state index is 5.48. The monoisotopic (exact) mass is 251 g/mol. The fourth-order valence-corrected chi connectivity index (χ4v) is 2.26. The molecular weight excluding hydrogens is 230 g/mol. The summed E-state index contributed by atoms with van der Waals surface area (Å²) in [6.45, 7) is 4.60. The lowest BCUT2D eigenvalue weighted by atomic mass is 10.00. The Morgan fingerprint density at radius 2 is 2.00 bits per heavy atom. The molecule has 2 rings (SSSR count). The average molecular weight is 251 g/mol. The highest BCUT2D eigenvalue weighted by atomic mass is 16.5. The van der Waals surface area contributed by atoms with E-state index >= 15 is 0 Å². The second kappa shape index (κ2) is 6.07. The summed E-state index contributed by atoms with van der Waals surface area (Å²) in [7, 11) is 3.33. The molecule has 1 aromatic carbocycles. The van der Waals surface area contributed by atoms with Crippen LogP contribution >= 0.6 is 0 Å². The van der Waals surface area contributed by atoms with Crippen LogP contribution in [0.4, 0.5) is 0 Å². The Balaban J connectivity index is 2.16. The molecule has 1 aliphatic rings. The predicted octanol–water partition coefficient (Wildman–Crippen LogP) is 1.54. The van der Waals surface area contributed by atoms with Gasteiger partial charge in [0.1, 0.15) is 0 Å². The van der Waals surface area contributed by atoms with E-state index in [9.17, 15) is 0 Å². The lowest BCUT2D eigenvalue weighted by Gasteiger charge is -2.24. The summed E-state index contributed by atoms with van der Waals surface area (Å²) in [6, 6.07) is 4.47.